The summed E-state index contributed by atoms with van der Waals surface area (Å²) in [6.45, 7) is 1.71. The summed E-state index contributed by atoms with van der Waals surface area (Å²) in [5.74, 6) is 0.507. The largest absolute Gasteiger partial charge is 0.381 e. The fourth-order valence-corrected chi connectivity index (χ4v) is 3.22. The molecule has 1 N–H and O–H groups in total. The Bertz CT molecular complexity index is 380. The van der Waals surface area contributed by atoms with Gasteiger partial charge < -0.3 is 10.1 Å². The van der Waals surface area contributed by atoms with Crippen LogP contribution in [0.4, 0.5) is 0 Å². The summed E-state index contributed by atoms with van der Waals surface area (Å²) >= 11 is 9.75. The van der Waals surface area contributed by atoms with Crippen molar-refractivity contribution in [3.63, 3.8) is 0 Å². The first-order chi connectivity index (χ1) is 8.22. The van der Waals surface area contributed by atoms with Crippen LogP contribution >= 0.6 is 27.5 Å². The molecule has 0 saturated carbocycles. The maximum absolute atomic E-state index is 6.31. The highest BCUT2D eigenvalue weighted by molar-refractivity contribution is 9.10. The molecule has 1 aromatic carbocycles. The predicted octanol–water partition coefficient (Wildman–Crippen LogP) is 3.79. The lowest BCUT2D eigenvalue weighted by atomic mass is 9.89. The molecule has 0 aromatic heterocycles. The van der Waals surface area contributed by atoms with Crippen LogP contribution in [-0.4, -0.2) is 20.3 Å². The van der Waals surface area contributed by atoms with Gasteiger partial charge in [-0.05, 0) is 37.6 Å². The Morgan fingerprint density at radius 1 is 1.53 bits per heavy atom. The van der Waals surface area contributed by atoms with Crippen LogP contribution in [0.3, 0.4) is 0 Å². The fourth-order valence-electron chi connectivity index (χ4n) is 2.43. The molecule has 2 atom stereocenters. The van der Waals surface area contributed by atoms with Gasteiger partial charge in [-0.15, -0.1) is 0 Å². The molecule has 0 aliphatic carbocycles. The van der Waals surface area contributed by atoms with Gasteiger partial charge in [0.2, 0.25) is 0 Å². The number of benzene rings is 1. The minimum Gasteiger partial charge on any atom is -0.381 e. The highest BCUT2D eigenvalue weighted by Gasteiger charge is 2.25. The van der Waals surface area contributed by atoms with Gasteiger partial charge in [-0.2, -0.15) is 0 Å². The Kier molecular flexibility index (Phi) is 4.86. The molecule has 0 radical (unpaired) electrons. The lowest BCUT2D eigenvalue weighted by Gasteiger charge is -2.30. The van der Waals surface area contributed by atoms with E-state index in [0.29, 0.717) is 5.92 Å². The molecule has 1 heterocycles. The lowest BCUT2D eigenvalue weighted by molar-refractivity contribution is 0.0402. The van der Waals surface area contributed by atoms with Crippen molar-refractivity contribution in [2.24, 2.45) is 5.92 Å². The number of halogens is 2. The van der Waals surface area contributed by atoms with Crippen LogP contribution in [0.15, 0.2) is 22.7 Å². The highest BCUT2D eigenvalue weighted by atomic mass is 79.9. The number of ether oxygens (including phenoxy) is 1. The third kappa shape index (κ3) is 3.22. The van der Waals surface area contributed by atoms with Crippen LogP contribution in [0.25, 0.3) is 0 Å². The summed E-state index contributed by atoms with van der Waals surface area (Å²) in [5, 5.41) is 4.18. The maximum Gasteiger partial charge on any atom is 0.0512 e. The minimum atomic E-state index is 0.274. The van der Waals surface area contributed by atoms with Crippen molar-refractivity contribution in [2.45, 2.75) is 18.9 Å². The number of hydrogen-bond donors (Lipinski definition) is 1. The zero-order valence-corrected chi connectivity index (χ0v) is 12.2. The summed E-state index contributed by atoms with van der Waals surface area (Å²) in [5.41, 5.74) is 1.16. The third-order valence-electron chi connectivity index (χ3n) is 3.28. The Labute approximate surface area is 116 Å². The van der Waals surface area contributed by atoms with Gasteiger partial charge in [-0.25, -0.2) is 0 Å². The summed E-state index contributed by atoms with van der Waals surface area (Å²) in [7, 11) is 1.98. The summed E-state index contributed by atoms with van der Waals surface area (Å²) in [6, 6.07) is 6.35. The van der Waals surface area contributed by atoms with E-state index in [1.165, 1.54) is 6.42 Å². The van der Waals surface area contributed by atoms with E-state index in [4.69, 9.17) is 16.3 Å². The summed E-state index contributed by atoms with van der Waals surface area (Å²) in [6.07, 6.45) is 2.33. The smallest absolute Gasteiger partial charge is 0.0512 e. The van der Waals surface area contributed by atoms with Crippen LogP contribution in [0.1, 0.15) is 24.4 Å². The second-order valence-corrected chi connectivity index (χ2v) is 5.73. The van der Waals surface area contributed by atoms with Gasteiger partial charge in [-0.3, -0.25) is 0 Å². The molecule has 1 aromatic rings. The zero-order chi connectivity index (χ0) is 12.3. The first kappa shape index (κ1) is 13.3. The van der Waals surface area contributed by atoms with Crippen LogP contribution in [-0.2, 0) is 4.74 Å². The molecule has 0 amide bonds. The summed E-state index contributed by atoms with van der Waals surface area (Å²) in [4.78, 5) is 0. The molecule has 4 heteroatoms. The molecule has 1 aliphatic rings. The molecule has 17 heavy (non-hydrogen) atoms. The normalized spacial score (nSPS) is 22.4. The van der Waals surface area contributed by atoms with Crippen LogP contribution in [0.5, 0.6) is 0 Å². The van der Waals surface area contributed by atoms with E-state index < -0.39 is 0 Å². The fraction of sp³-hybridized carbons (Fsp3) is 0.538. The standard InChI is InChI=1S/C13H17BrClNO/c1-16-13(9-3-2-6-17-8-9)11-5-4-10(14)7-12(11)15/h4-5,7,9,13,16H,2-3,6,8H2,1H3. The van der Waals surface area contributed by atoms with Crippen molar-refractivity contribution in [3.05, 3.63) is 33.3 Å². The Balaban J connectivity index is 2.21. The van der Waals surface area contributed by atoms with E-state index >= 15 is 0 Å². The maximum atomic E-state index is 6.31. The average Bonchev–Trinajstić information content (AvgIpc) is 2.34. The van der Waals surface area contributed by atoms with Crippen molar-refractivity contribution >= 4 is 27.5 Å². The van der Waals surface area contributed by atoms with E-state index in [0.717, 1.165) is 34.7 Å². The Hall–Kier alpha value is -0.0900. The third-order valence-corrected chi connectivity index (χ3v) is 4.10. The number of nitrogens with one attached hydrogen (secondary N) is 1. The average molecular weight is 319 g/mol. The highest BCUT2D eigenvalue weighted by Crippen LogP contribution is 2.33. The molecule has 0 spiro atoms. The topological polar surface area (TPSA) is 21.3 Å². The second kappa shape index (κ2) is 6.19. The van der Waals surface area contributed by atoms with Gasteiger partial charge in [0.1, 0.15) is 0 Å². The Morgan fingerprint density at radius 3 is 2.94 bits per heavy atom. The monoisotopic (exact) mass is 317 g/mol. The Morgan fingerprint density at radius 2 is 2.35 bits per heavy atom. The number of rotatable bonds is 3. The van der Waals surface area contributed by atoms with Gasteiger partial charge >= 0.3 is 0 Å². The molecule has 2 unspecified atom stereocenters. The lowest BCUT2D eigenvalue weighted by Crippen LogP contribution is -2.31. The minimum absolute atomic E-state index is 0.274. The van der Waals surface area contributed by atoms with Crippen LogP contribution in [0.2, 0.25) is 5.02 Å². The molecule has 1 fully saturated rings. The zero-order valence-electron chi connectivity index (χ0n) is 9.88. The molecule has 1 aliphatic heterocycles. The van der Waals surface area contributed by atoms with E-state index in [1.54, 1.807) is 0 Å². The SMILES string of the molecule is CNC(c1ccc(Br)cc1Cl)C1CCCOC1. The van der Waals surface area contributed by atoms with E-state index in [2.05, 4.69) is 27.3 Å². The first-order valence-electron chi connectivity index (χ1n) is 5.92. The number of hydrogen-bond acceptors (Lipinski definition) is 2. The van der Waals surface area contributed by atoms with E-state index in [1.807, 2.05) is 19.2 Å². The van der Waals surface area contributed by atoms with Crippen molar-refractivity contribution in [1.82, 2.24) is 5.32 Å². The first-order valence-corrected chi connectivity index (χ1v) is 7.09. The molecule has 2 rings (SSSR count). The van der Waals surface area contributed by atoms with Crippen molar-refractivity contribution in [2.75, 3.05) is 20.3 Å². The van der Waals surface area contributed by atoms with Crippen molar-refractivity contribution in [3.8, 4) is 0 Å². The molecular weight excluding hydrogens is 302 g/mol. The van der Waals surface area contributed by atoms with Gasteiger partial charge in [0, 0.05) is 28.1 Å². The predicted molar refractivity (Wildman–Crippen MR) is 74.5 cm³/mol. The summed E-state index contributed by atoms with van der Waals surface area (Å²) < 4.78 is 6.57. The quantitative estimate of drug-likeness (QED) is 0.915. The van der Waals surface area contributed by atoms with Crippen molar-refractivity contribution in [1.29, 1.82) is 0 Å². The van der Waals surface area contributed by atoms with Gasteiger partial charge in [0.15, 0.2) is 0 Å². The molecule has 1 saturated heterocycles. The van der Waals surface area contributed by atoms with Crippen molar-refractivity contribution < 1.29 is 4.74 Å². The van der Waals surface area contributed by atoms with Gasteiger partial charge in [-0.1, -0.05) is 33.6 Å². The van der Waals surface area contributed by atoms with E-state index in [9.17, 15) is 0 Å². The molecular formula is C13H17BrClNO. The molecule has 0 bridgehead atoms. The second-order valence-electron chi connectivity index (χ2n) is 4.41. The van der Waals surface area contributed by atoms with Crippen LogP contribution < -0.4 is 5.32 Å². The molecule has 94 valence electrons. The van der Waals surface area contributed by atoms with Gasteiger partial charge in [0.05, 0.1) is 6.61 Å². The van der Waals surface area contributed by atoms with Crippen LogP contribution in [0, 0.1) is 5.92 Å². The molecule has 2 nitrogen and oxygen atoms in total. The van der Waals surface area contributed by atoms with Gasteiger partial charge in [0.25, 0.3) is 0 Å². The van der Waals surface area contributed by atoms with E-state index in [-0.39, 0.29) is 6.04 Å².